The van der Waals surface area contributed by atoms with Crippen LogP contribution in [0.3, 0.4) is 0 Å². The molecule has 0 N–H and O–H groups in total. The summed E-state index contributed by atoms with van der Waals surface area (Å²) in [5, 5.41) is 2.90. The van der Waals surface area contributed by atoms with Crippen LogP contribution in [-0.2, 0) is 22.7 Å². The Labute approximate surface area is 157 Å². The summed E-state index contributed by atoms with van der Waals surface area (Å²) in [5.74, 6) is -0.456. The molecular weight excluding hydrogens is 378 g/mol. The van der Waals surface area contributed by atoms with Gasteiger partial charge >= 0.3 is 16.5 Å². The average molecular weight is 394 g/mol. The molecule has 1 aromatic carbocycles. The standard InChI is InChI=1S/C18H16ClNO5S/c1-10-5-15-13(7-14(10)19)12(6-17(22)25-15)8-24-16(21)3-4-20-11(2)9-26-18(20)23/h5-7,9H,3-4,8H2,1-2H3. The highest BCUT2D eigenvalue weighted by Crippen LogP contribution is 2.25. The van der Waals surface area contributed by atoms with Gasteiger partial charge in [0.25, 0.3) is 0 Å². The SMILES string of the molecule is Cc1cc2oc(=O)cc(COC(=O)CCn3c(C)csc3=O)c2cc1Cl. The minimum Gasteiger partial charge on any atom is -0.461 e. The Hall–Kier alpha value is -2.38. The smallest absolute Gasteiger partial charge is 0.336 e. The van der Waals surface area contributed by atoms with E-state index < -0.39 is 11.6 Å². The number of carbonyl (C=O) groups excluding carboxylic acids is 1. The topological polar surface area (TPSA) is 78.5 Å². The van der Waals surface area contributed by atoms with Gasteiger partial charge in [0, 0.05) is 39.7 Å². The maximum absolute atomic E-state index is 12.0. The highest BCUT2D eigenvalue weighted by atomic mass is 35.5. The van der Waals surface area contributed by atoms with E-state index in [2.05, 4.69) is 0 Å². The highest BCUT2D eigenvalue weighted by Gasteiger charge is 2.12. The summed E-state index contributed by atoms with van der Waals surface area (Å²) >= 11 is 7.24. The minimum atomic E-state index is -0.522. The third-order valence-electron chi connectivity index (χ3n) is 4.01. The molecule has 8 heteroatoms. The van der Waals surface area contributed by atoms with Crippen LogP contribution in [0.5, 0.6) is 0 Å². The molecule has 0 bridgehead atoms. The fraction of sp³-hybridized carbons (Fsp3) is 0.278. The number of aryl methyl sites for hydroxylation is 2. The number of hydrogen-bond acceptors (Lipinski definition) is 6. The largest absolute Gasteiger partial charge is 0.461 e. The number of rotatable bonds is 5. The van der Waals surface area contributed by atoms with Gasteiger partial charge in [-0.25, -0.2) is 4.79 Å². The summed E-state index contributed by atoms with van der Waals surface area (Å²) in [4.78, 5) is 35.3. The fourth-order valence-electron chi connectivity index (χ4n) is 2.58. The van der Waals surface area contributed by atoms with Gasteiger partial charge in [-0.05, 0) is 31.5 Å². The second-order valence-electron chi connectivity index (χ2n) is 5.89. The number of esters is 1. The molecule has 0 aliphatic rings. The van der Waals surface area contributed by atoms with Crippen molar-refractivity contribution in [3.63, 3.8) is 0 Å². The number of fused-ring (bicyclic) bond motifs is 1. The summed E-state index contributed by atoms with van der Waals surface area (Å²) in [6, 6.07) is 4.65. The number of halogens is 1. The van der Waals surface area contributed by atoms with Gasteiger partial charge in [0.1, 0.15) is 12.2 Å². The summed E-state index contributed by atoms with van der Waals surface area (Å²) in [6.45, 7) is 3.81. The Morgan fingerprint density at radius 3 is 2.73 bits per heavy atom. The van der Waals surface area contributed by atoms with Crippen LogP contribution in [0.15, 0.2) is 37.6 Å². The molecule has 2 heterocycles. The Balaban J connectivity index is 1.73. The maximum atomic E-state index is 12.0. The number of hydrogen-bond donors (Lipinski definition) is 0. The monoisotopic (exact) mass is 393 g/mol. The van der Waals surface area contributed by atoms with Crippen LogP contribution in [0.1, 0.15) is 23.2 Å². The maximum Gasteiger partial charge on any atom is 0.336 e. The van der Waals surface area contributed by atoms with Gasteiger partial charge in [-0.3, -0.25) is 9.59 Å². The van der Waals surface area contributed by atoms with Gasteiger partial charge in [-0.2, -0.15) is 0 Å². The van der Waals surface area contributed by atoms with Crippen LogP contribution < -0.4 is 10.5 Å². The van der Waals surface area contributed by atoms with Crippen LogP contribution in [0.25, 0.3) is 11.0 Å². The molecule has 0 aliphatic carbocycles. The van der Waals surface area contributed by atoms with Crippen LogP contribution in [-0.4, -0.2) is 10.5 Å². The lowest BCUT2D eigenvalue weighted by molar-refractivity contribution is -0.145. The first-order chi connectivity index (χ1) is 12.3. The first-order valence-corrected chi connectivity index (χ1v) is 9.14. The average Bonchev–Trinajstić information content (AvgIpc) is 2.90. The van der Waals surface area contributed by atoms with Gasteiger partial charge in [0.15, 0.2) is 0 Å². The predicted octanol–water partition coefficient (Wildman–Crippen LogP) is 3.42. The Morgan fingerprint density at radius 2 is 2.04 bits per heavy atom. The van der Waals surface area contributed by atoms with Crippen molar-refractivity contribution in [3.05, 3.63) is 65.5 Å². The lowest BCUT2D eigenvalue weighted by Gasteiger charge is -2.09. The zero-order chi connectivity index (χ0) is 18.8. The van der Waals surface area contributed by atoms with Gasteiger partial charge in [0.05, 0.1) is 6.42 Å². The number of carbonyl (C=O) groups is 1. The zero-order valence-electron chi connectivity index (χ0n) is 14.2. The number of aromatic nitrogens is 1. The van der Waals surface area contributed by atoms with Crippen LogP contribution in [0, 0.1) is 13.8 Å². The molecule has 0 aliphatic heterocycles. The van der Waals surface area contributed by atoms with E-state index in [4.69, 9.17) is 20.8 Å². The van der Waals surface area contributed by atoms with Gasteiger partial charge < -0.3 is 13.7 Å². The number of benzene rings is 1. The zero-order valence-corrected chi connectivity index (χ0v) is 15.8. The van der Waals surface area contributed by atoms with Crippen molar-refractivity contribution in [2.75, 3.05) is 0 Å². The second-order valence-corrected chi connectivity index (χ2v) is 7.12. The number of nitrogens with zero attached hydrogens (tertiary/aromatic N) is 1. The van der Waals surface area contributed by atoms with Crippen molar-refractivity contribution in [2.45, 2.75) is 33.4 Å². The van der Waals surface area contributed by atoms with E-state index in [-0.39, 0.29) is 24.4 Å². The van der Waals surface area contributed by atoms with Gasteiger partial charge in [-0.15, -0.1) is 0 Å². The minimum absolute atomic E-state index is 0.0662. The number of thiazole rings is 1. The molecule has 0 saturated carbocycles. The third kappa shape index (κ3) is 3.89. The van der Waals surface area contributed by atoms with Crippen molar-refractivity contribution in [1.29, 1.82) is 0 Å². The molecule has 26 heavy (non-hydrogen) atoms. The summed E-state index contributed by atoms with van der Waals surface area (Å²) in [5.41, 5.74) is 1.99. The molecule has 6 nitrogen and oxygen atoms in total. The Morgan fingerprint density at radius 1 is 1.27 bits per heavy atom. The van der Waals surface area contributed by atoms with Crippen molar-refractivity contribution in [3.8, 4) is 0 Å². The van der Waals surface area contributed by atoms with Crippen molar-refractivity contribution in [2.24, 2.45) is 0 Å². The summed E-state index contributed by atoms with van der Waals surface area (Å²) in [7, 11) is 0. The van der Waals surface area contributed by atoms with Crippen LogP contribution >= 0.6 is 22.9 Å². The highest BCUT2D eigenvalue weighted by molar-refractivity contribution is 7.07. The van der Waals surface area contributed by atoms with E-state index in [1.807, 2.05) is 13.8 Å². The lowest BCUT2D eigenvalue weighted by Crippen LogP contribution is -2.18. The van der Waals surface area contributed by atoms with Gasteiger partial charge in [0.2, 0.25) is 0 Å². The quantitative estimate of drug-likeness (QED) is 0.490. The van der Waals surface area contributed by atoms with E-state index in [1.165, 1.54) is 10.6 Å². The van der Waals surface area contributed by atoms with Crippen molar-refractivity contribution < 1.29 is 13.9 Å². The van der Waals surface area contributed by atoms with Crippen LogP contribution in [0.2, 0.25) is 5.02 Å². The summed E-state index contributed by atoms with van der Waals surface area (Å²) < 4.78 is 12.0. The molecular formula is C18H16ClNO5S. The van der Waals surface area contributed by atoms with Crippen LogP contribution in [0.4, 0.5) is 0 Å². The first-order valence-electron chi connectivity index (χ1n) is 7.88. The molecule has 0 spiro atoms. The molecule has 0 fully saturated rings. The van der Waals surface area contributed by atoms with Gasteiger partial charge in [-0.1, -0.05) is 22.9 Å². The van der Waals surface area contributed by atoms with Crippen molar-refractivity contribution in [1.82, 2.24) is 4.57 Å². The molecule has 2 aromatic heterocycles. The molecule has 3 aromatic rings. The molecule has 3 rings (SSSR count). The van der Waals surface area contributed by atoms with Crippen molar-refractivity contribution >= 4 is 39.9 Å². The molecule has 136 valence electrons. The normalized spacial score (nSPS) is 11.0. The van der Waals surface area contributed by atoms with E-state index in [9.17, 15) is 14.4 Å². The Bertz CT molecular complexity index is 1100. The molecule has 0 atom stereocenters. The molecule has 0 unspecified atom stereocenters. The Kier molecular flexibility index (Phi) is 5.29. The van der Waals surface area contributed by atoms with E-state index >= 15 is 0 Å². The molecule has 0 amide bonds. The molecule has 0 radical (unpaired) electrons. The second kappa shape index (κ2) is 7.47. The third-order valence-corrected chi connectivity index (χ3v) is 5.30. The van der Waals surface area contributed by atoms with E-state index in [0.29, 0.717) is 21.6 Å². The molecule has 0 saturated heterocycles. The van der Waals surface area contributed by atoms with E-state index in [0.717, 1.165) is 22.6 Å². The summed E-state index contributed by atoms with van der Waals surface area (Å²) in [6.07, 6.45) is 0.0662. The van der Waals surface area contributed by atoms with E-state index in [1.54, 1.807) is 17.5 Å². The number of ether oxygens (including phenoxy) is 1. The first kappa shape index (κ1) is 18.4. The lowest BCUT2D eigenvalue weighted by atomic mass is 10.1. The fourth-order valence-corrected chi connectivity index (χ4v) is 3.50. The predicted molar refractivity (Wildman–Crippen MR) is 100.0 cm³/mol.